The average Bonchev–Trinajstić information content (AvgIpc) is 2.34. The fourth-order valence-corrected chi connectivity index (χ4v) is 3.26. The fourth-order valence-electron chi connectivity index (χ4n) is 2.47. The Kier molecular flexibility index (Phi) is 5.09. The normalized spacial score (nSPS) is 17.8. The van der Waals surface area contributed by atoms with Crippen LogP contribution >= 0.6 is 39.7 Å². The number of hydrogen-bond donors (Lipinski definition) is 2. The molecule has 5 heteroatoms. The van der Waals surface area contributed by atoms with Gasteiger partial charge in [0.1, 0.15) is 0 Å². The smallest absolute Gasteiger partial charge is 0.171 e. The Labute approximate surface area is 133 Å². The van der Waals surface area contributed by atoms with Crippen LogP contribution in [0.2, 0.25) is 5.02 Å². The van der Waals surface area contributed by atoms with Gasteiger partial charge in [0.05, 0.1) is 5.02 Å². The van der Waals surface area contributed by atoms with Crippen LogP contribution in [0.1, 0.15) is 39.0 Å². The van der Waals surface area contributed by atoms with E-state index >= 15 is 0 Å². The Morgan fingerprint density at radius 1 is 1.32 bits per heavy atom. The number of anilines is 1. The Morgan fingerprint density at radius 3 is 2.63 bits per heavy atom. The molecule has 1 aromatic carbocycles. The zero-order valence-electron chi connectivity index (χ0n) is 10.9. The van der Waals surface area contributed by atoms with E-state index in [2.05, 4.69) is 33.5 Å². The van der Waals surface area contributed by atoms with Crippen LogP contribution in [0.5, 0.6) is 0 Å². The van der Waals surface area contributed by atoms with Crippen LogP contribution < -0.4 is 10.6 Å². The van der Waals surface area contributed by atoms with Crippen molar-refractivity contribution in [3.8, 4) is 0 Å². The predicted octanol–water partition coefficient (Wildman–Crippen LogP) is 5.11. The molecule has 1 fully saturated rings. The molecule has 1 aliphatic carbocycles. The van der Waals surface area contributed by atoms with Gasteiger partial charge in [-0.05, 0) is 66.1 Å². The molecule has 1 aromatic rings. The molecule has 0 bridgehead atoms. The van der Waals surface area contributed by atoms with Gasteiger partial charge in [-0.15, -0.1) is 0 Å². The van der Waals surface area contributed by atoms with Crippen LogP contribution in [0, 0.1) is 0 Å². The van der Waals surface area contributed by atoms with Gasteiger partial charge in [-0.25, -0.2) is 0 Å². The van der Waals surface area contributed by atoms with E-state index in [4.69, 9.17) is 23.8 Å². The molecule has 0 atom stereocenters. The highest BCUT2D eigenvalue weighted by Crippen LogP contribution is 2.28. The lowest BCUT2D eigenvalue weighted by Gasteiger charge is -2.35. The molecule has 0 aromatic heterocycles. The van der Waals surface area contributed by atoms with Gasteiger partial charge in [0.25, 0.3) is 0 Å². The Morgan fingerprint density at radius 2 is 2.00 bits per heavy atom. The SMILES string of the molecule is CC1(NC(=S)Nc2ccc(Br)c(Cl)c2)CCCCC1. The number of rotatable bonds is 2. The van der Waals surface area contributed by atoms with Crippen LogP contribution in [-0.4, -0.2) is 10.7 Å². The maximum Gasteiger partial charge on any atom is 0.171 e. The summed E-state index contributed by atoms with van der Waals surface area (Å²) in [5.74, 6) is 0. The molecule has 0 saturated heterocycles. The quantitative estimate of drug-likeness (QED) is 0.716. The minimum atomic E-state index is 0.126. The third-order valence-corrected chi connectivity index (χ3v) is 4.99. The van der Waals surface area contributed by atoms with E-state index in [1.807, 2.05) is 18.2 Å². The number of hydrogen-bond acceptors (Lipinski definition) is 1. The number of benzene rings is 1. The van der Waals surface area contributed by atoms with E-state index in [9.17, 15) is 0 Å². The maximum atomic E-state index is 6.07. The van der Waals surface area contributed by atoms with Crippen molar-refractivity contribution in [2.24, 2.45) is 0 Å². The highest BCUT2D eigenvalue weighted by Gasteiger charge is 2.27. The van der Waals surface area contributed by atoms with Crippen LogP contribution in [0.4, 0.5) is 5.69 Å². The molecule has 19 heavy (non-hydrogen) atoms. The molecule has 0 radical (unpaired) electrons. The molecule has 2 N–H and O–H groups in total. The van der Waals surface area contributed by atoms with E-state index in [-0.39, 0.29) is 5.54 Å². The van der Waals surface area contributed by atoms with Gasteiger partial charge in [0.2, 0.25) is 0 Å². The van der Waals surface area contributed by atoms with E-state index in [1.165, 1.54) is 32.1 Å². The van der Waals surface area contributed by atoms with Crippen molar-refractivity contribution >= 4 is 50.5 Å². The zero-order valence-corrected chi connectivity index (χ0v) is 14.1. The minimum Gasteiger partial charge on any atom is -0.357 e. The predicted molar refractivity (Wildman–Crippen MR) is 90.0 cm³/mol. The molecule has 0 unspecified atom stereocenters. The summed E-state index contributed by atoms with van der Waals surface area (Å²) >= 11 is 14.8. The second-order valence-corrected chi connectivity index (χ2v) is 7.00. The van der Waals surface area contributed by atoms with Gasteiger partial charge in [-0.2, -0.15) is 0 Å². The molecule has 104 valence electrons. The molecule has 0 spiro atoms. The molecule has 2 rings (SSSR count). The highest BCUT2D eigenvalue weighted by molar-refractivity contribution is 9.10. The van der Waals surface area contributed by atoms with Gasteiger partial charge in [-0.1, -0.05) is 30.9 Å². The molecule has 0 aliphatic heterocycles. The lowest BCUT2D eigenvalue weighted by Crippen LogP contribution is -2.48. The fraction of sp³-hybridized carbons (Fsp3) is 0.500. The molecule has 1 saturated carbocycles. The summed E-state index contributed by atoms with van der Waals surface area (Å²) in [7, 11) is 0. The van der Waals surface area contributed by atoms with Gasteiger partial charge >= 0.3 is 0 Å². The first kappa shape index (κ1) is 15.1. The Hall–Kier alpha value is -0.320. The third kappa shape index (κ3) is 4.33. The first-order valence-corrected chi connectivity index (χ1v) is 8.11. The molecular formula is C14H18BrClN2S. The molecule has 0 amide bonds. The summed E-state index contributed by atoms with van der Waals surface area (Å²) in [4.78, 5) is 0. The second-order valence-electron chi connectivity index (χ2n) is 5.33. The van der Waals surface area contributed by atoms with Crippen LogP contribution in [-0.2, 0) is 0 Å². The van der Waals surface area contributed by atoms with Crippen LogP contribution in [0.25, 0.3) is 0 Å². The van der Waals surface area contributed by atoms with Crippen LogP contribution in [0.3, 0.4) is 0 Å². The lowest BCUT2D eigenvalue weighted by molar-refractivity contribution is 0.292. The van der Waals surface area contributed by atoms with E-state index < -0.39 is 0 Å². The standard InChI is InChI=1S/C14H18BrClN2S/c1-14(7-3-2-4-8-14)18-13(19)17-10-5-6-11(15)12(16)9-10/h5-6,9H,2-4,7-8H2,1H3,(H2,17,18,19). The summed E-state index contributed by atoms with van der Waals surface area (Å²) in [6, 6.07) is 5.73. The summed E-state index contributed by atoms with van der Waals surface area (Å²) in [5.41, 5.74) is 1.03. The number of halogens is 2. The molecule has 0 heterocycles. The van der Waals surface area contributed by atoms with Crippen molar-refractivity contribution in [1.82, 2.24) is 5.32 Å². The van der Waals surface area contributed by atoms with E-state index in [0.717, 1.165) is 10.2 Å². The molecular weight excluding hydrogens is 344 g/mol. The summed E-state index contributed by atoms with van der Waals surface area (Å²) in [6.07, 6.45) is 6.23. The first-order chi connectivity index (χ1) is 8.98. The van der Waals surface area contributed by atoms with Gasteiger partial charge < -0.3 is 10.6 Å². The summed E-state index contributed by atoms with van der Waals surface area (Å²) in [5, 5.41) is 7.99. The van der Waals surface area contributed by atoms with Gasteiger partial charge in [0.15, 0.2) is 5.11 Å². The van der Waals surface area contributed by atoms with Gasteiger partial charge in [0, 0.05) is 15.7 Å². The van der Waals surface area contributed by atoms with Crippen molar-refractivity contribution in [2.75, 3.05) is 5.32 Å². The van der Waals surface area contributed by atoms with Crippen molar-refractivity contribution in [3.05, 3.63) is 27.7 Å². The van der Waals surface area contributed by atoms with E-state index in [1.54, 1.807) is 0 Å². The van der Waals surface area contributed by atoms with Crippen molar-refractivity contribution in [2.45, 2.75) is 44.6 Å². The monoisotopic (exact) mass is 360 g/mol. The zero-order chi connectivity index (χ0) is 13.9. The number of nitrogens with one attached hydrogen (secondary N) is 2. The van der Waals surface area contributed by atoms with Gasteiger partial charge in [-0.3, -0.25) is 0 Å². The topological polar surface area (TPSA) is 24.1 Å². The van der Waals surface area contributed by atoms with E-state index in [0.29, 0.717) is 10.1 Å². The largest absolute Gasteiger partial charge is 0.357 e. The third-order valence-electron chi connectivity index (χ3n) is 3.55. The van der Waals surface area contributed by atoms with Crippen molar-refractivity contribution in [1.29, 1.82) is 0 Å². The lowest BCUT2D eigenvalue weighted by atomic mass is 9.83. The van der Waals surface area contributed by atoms with Crippen molar-refractivity contribution in [3.63, 3.8) is 0 Å². The summed E-state index contributed by atoms with van der Waals surface area (Å²) in [6.45, 7) is 2.24. The molecule has 1 aliphatic rings. The van der Waals surface area contributed by atoms with Crippen LogP contribution in [0.15, 0.2) is 22.7 Å². The second kappa shape index (κ2) is 6.42. The maximum absolute atomic E-state index is 6.07. The first-order valence-electron chi connectivity index (χ1n) is 6.53. The highest BCUT2D eigenvalue weighted by atomic mass is 79.9. The Balaban J connectivity index is 1.95. The molecule has 2 nitrogen and oxygen atoms in total. The average molecular weight is 362 g/mol. The van der Waals surface area contributed by atoms with Crippen molar-refractivity contribution < 1.29 is 0 Å². The summed E-state index contributed by atoms with van der Waals surface area (Å²) < 4.78 is 0.887. The minimum absolute atomic E-state index is 0.126. The number of thiocarbonyl (C=S) groups is 1. The Bertz CT molecular complexity index is 473.